The summed E-state index contributed by atoms with van der Waals surface area (Å²) in [5.74, 6) is -1.18. The third-order valence-corrected chi connectivity index (χ3v) is 6.72. The number of nitrogens with zero attached hydrogens (tertiary/aromatic N) is 2. The molecule has 2 aromatic carbocycles. The number of carbonyl (C=O) groups excluding carboxylic acids is 1. The van der Waals surface area contributed by atoms with Crippen LogP contribution in [0.15, 0.2) is 53.4 Å². The van der Waals surface area contributed by atoms with E-state index in [-0.39, 0.29) is 4.90 Å². The molecule has 1 heterocycles. The van der Waals surface area contributed by atoms with E-state index in [2.05, 4.69) is 22.0 Å². The Labute approximate surface area is 171 Å². The zero-order valence-corrected chi connectivity index (χ0v) is 17.3. The molecule has 1 aliphatic rings. The molecule has 150 valence electrons. The number of likely N-dealkylation sites (N-methyl/N-ethyl adjacent to an activating group) is 1. The predicted molar refractivity (Wildman–Crippen MR) is 113 cm³/mol. The molecule has 1 N–H and O–H groups in total. The molecular weight excluding hydrogens is 398 g/mol. The van der Waals surface area contributed by atoms with E-state index in [1.54, 1.807) is 6.07 Å². The van der Waals surface area contributed by atoms with Gasteiger partial charge in [-0.1, -0.05) is 30.7 Å². The van der Waals surface area contributed by atoms with Gasteiger partial charge in [-0.2, -0.15) is 0 Å². The molecule has 0 spiro atoms. The third kappa shape index (κ3) is 5.04. The third-order valence-electron chi connectivity index (χ3n) is 4.83. The first kappa shape index (κ1) is 20.6. The fourth-order valence-corrected chi connectivity index (χ4v) is 4.50. The van der Waals surface area contributed by atoms with Crippen LogP contribution in [-0.4, -0.2) is 57.7 Å². The molecule has 0 atom stereocenters. The maximum Gasteiger partial charge on any atom is 0.240 e. The molecule has 1 saturated heterocycles. The number of piperazine rings is 1. The van der Waals surface area contributed by atoms with Gasteiger partial charge < -0.3 is 15.1 Å². The lowest BCUT2D eigenvalue weighted by molar-refractivity contribution is -0.113. The van der Waals surface area contributed by atoms with Crippen molar-refractivity contribution >= 4 is 38.7 Å². The van der Waals surface area contributed by atoms with Crippen LogP contribution >= 0.6 is 11.6 Å². The van der Waals surface area contributed by atoms with Crippen LogP contribution in [0.3, 0.4) is 0 Å². The van der Waals surface area contributed by atoms with Gasteiger partial charge in [0.25, 0.3) is 0 Å². The van der Waals surface area contributed by atoms with Crippen molar-refractivity contribution in [1.82, 2.24) is 4.90 Å². The molecule has 8 heteroatoms. The van der Waals surface area contributed by atoms with E-state index < -0.39 is 21.5 Å². The van der Waals surface area contributed by atoms with E-state index in [1.165, 1.54) is 24.3 Å². The van der Waals surface area contributed by atoms with Gasteiger partial charge in [-0.3, -0.25) is 4.79 Å². The summed E-state index contributed by atoms with van der Waals surface area (Å²) in [6.45, 7) is 6.82. The molecular formula is C20H24ClN3O3S. The Hall–Kier alpha value is -2.09. The number of hydrogen-bond donors (Lipinski definition) is 1. The average Bonchev–Trinajstić information content (AvgIpc) is 2.68. The van der Waals surface area contributed by atoms with E-state index in [0.29, 0.717) is 10.7 Å². The second-order valence-electron chi connectivity index (χ2n) is 6.70. The molecule has 1 amide bonds. The zero-order valence-electron chi connectivity index (χ0n) is 15.8. The highest BCUT2D eigenvalue weighted by atomic mass is 35.5. The maximum atomic E-state index is 12.5. The van der Waals surface area contributed by atoms with Gasteiger partial charge in [0, 0.05) is 31.2 Å². The lowest BCUT2D eigenvalue weighted by Crippen LogP contribution is -2.46. The number of para-hydroxylation sites is 2. The number of sulfone groups is 1. The van der Waals surface area contributed by atoms with Gasteiger partial charge in [-0.25, -0.2) is 8.42 Å². The van der Waals surface area contributed by atoms with Crippen molar-refractivity contribution in [1.29, 1.82) is 0 Å². The SMILES string of the molecule is CCN1CCN(c2ccccc2NC(=O)CS(=O)(=O)c2ccc(Cl)cc2)CC1. The van der Waals surface area contributed by atoms with Crippen molar-refractivity contribution in [3.63, 3.8) is 0 Å². The van der Waals surface area contributed by atoms with Crippen molar-refractivity contribution in [2.24, 2.45) is 0 Å². The highest BCUT2D eigenvalue weighted by Gasteiger charge is 2.22. The summed E-state index contributed by atoms with van der Waals surface area (Å²) < 4.78 is 25.0. The number of anilines is 2. The summed E-state index contributed by atoms with van der Waals surface area (Å²) in [7, 11) is -3.74. The highest BCUT2D eigenvalue weighted by Crippen LogP contribution is 2.27. The quantitative estimate of drug-likeness (QED) is 0.776. The second kappa shape index (κ2) is 8.94. The minimum Gasteiger partial charge on any atom is -0.367 e. The van der Waals surface area contributed by atoms with Gasteiger partial charge in [0.05, 0.1) is 16.3 Å². The van der Waals surface area contributed by atoms with Gasteiger partial charge in [0.2, 0.25) is 5.91 Å². The van der Waals surface area contributed by atoms with Crippen LogP contribution in [0, 0.1) is 0 Å². The Morgan fingerprint density at radius 3 is 2.32 bits per heavy atom. The van der Waals surface area contributed by atoms with Gasteiger partial charge in [0.15, 0.2) is 9.84 Å². The van der Waals surface area contributed by atoms with Crippen molar-refractivity contribution in [2.75, 3.05) is 48.7 Å². The molecule has 0 aliphatic carbocycles. The summed E-state index contributed by atoms with van der Waals surface area (Å²) in [6.07, 6.45) is 0. The minimum absolute atomic E-state index is 0.0797. The highest BCUT2D eigenvalue weighted by molar-refractivity contribution is 7.92. The van der Waals surface area contributed by atoms with Crippen LogP contribution in [0.4, 0.5) is 11.4 Å². The Morgan fingerprint density at radius 1 is 1.04 bits per heavy atom. The molecule has 0 radical (unpaired) electrons. The normalized spacial score (nSPS) is 15.4. The largest absolute Gasteiger partial charge is 0.367 e. The van der Waals surface area contributed by atoms with Gasteiger partial charge in [0.1, 0.15) is 5.75 Å². The first-order valence-electron chi connectivity index (χ1n) is 9.23. The monoisotopic (exact) mass is 421 g/mol. The van der Waals surface area contributed by atoms with E-state index in [4.69, 9.17) is 11.6 Å². The van der Waals surface area contributed by atoms with Crippen molar-refractivity contribution in [2.45, 2.75) is 11.8 Å². The van der Waals surface area contributed by atoms with Gasteiger partial charge in [-0.05, 0) is 42.9 Å². The summed E-state index contributed by atoms with van der Waals surface area (Å²) >= 11 is 5.80. The maximum absolute atomic E-state index is 12.5. The zero-order chi connectivity index (χ0) is 20.1. The van der Waals surface area contributed by atoms with E-state index in [0.717, 1.165) is 38.4 Å². The van der Waals surface area contributed by atoms with Crippen molar-refractivity contribution in [3.05, 3.63) is 53.6 Å². The van der Waals surface area contributed by atoms with Crippen LogP contribution in [0.5, 0.6) is 0 Å². The van der Waals surface area contributed by atoms with Gasteiger partial charge >= 0.3 is 0 Å². The number of nitrogens with one attached hydrogen (secondary N) is 1. The van der Waals surface area contributed by atoms with E-state index >= 15 is 0 Å². The number of amides is 1. The molecule has 1 aliphatic heterocycles. The van der Waals surface area contributed by atoms with Crippen LogP contribution in [-0.2, 0) is 14.6 Å². The average molecular weight is 422 g/mol. The lowest BCUT2D eigenvalue weighted by Gasteiger charge is -2.36. The summed E-state index contributed by atoms with van der Waals surface area (Å²) in [6, 6.07) is 13.3. The lowest BCUT2D eigenvalue weighted by atomic mass is 10.2. The van der Waals surface area contributed by atoms with Gasteiger partial charge in [-0.15, -0.1) is 0 Å². The molecule has 6 nitrogen and oxygen atoms in total. The van der Waals surface area contributed by atoms with Crippen LogP contribution in [0.1, 0.15) is 6.92 Å². The summed E-state index contributed by atoms with van der Waals surface area (Å²) in [4.78, 5) is 17.1. The Balaban J connectivity index is 1.70. The Morgan fingerprint density at radius 2 is 1.68 bits per heavy atom. The van der Waals surface area contributed by atoms with Crippen molar-refractivity contribution in [3.8, 4) is 0 Å². The predicted octanol–water partition coefficient (Wildman–Crippen LogP) is 2.89. The van der Waals surface area contributed by atoms with Crippen LogP contribution < -0.4 is 10.2 Å². The van der Waals surface area contributed by atoms with E-state index in [9.17, 15) is 13.2 Å². The van der Waals surface area contributed by atoms with Crippen LogP contribution in [0.2, 0.25) is 5.02 Å². The fourth-order valence-electron chi connectivity index (χ4n) is 3.24. The fraction of sp³-hybridized carbons (Fsp3) is 0.350. The number of hydrogen-bond acceptors (Lipinski definition) is 5. The number of halogens is 1. The first-order valence-corrected chi connectivity index (χ1v) is 11.3. The number of rotatable bonds is 6. The molecule has 28 heavy (non-hydrogen) atoms. The number of carbonyl (C=O) groups is 1. The van der Waals surface area contributed by atoms with Crippen molar-refractivity contribution < 1.29 is 13.2 Å². The molecule has 0 saturated carbocycles. The summed E-state index contributed by atoms with van der Waals surface area (Å²) in [5, 5.41) is 3.22. The first-order chi connectivity index (χ1) is 13.4. The molecule has 1 fully saturated rings. The molecule has 0 unspecified atom stereocenters. The minimum atomic E-state index is -3.74. The Kier molecular flexibility index (Phi) is 6.59. The van der Waals surface area contributed by atoms with Crippen LogP contribution in [0.25, 0.3) is 0 Å². The topological polar surface area (TPSA) is 69.7 Å². The molecule has 0 aromatic heterocycles. The van der Waals surface area contributed by atoms with E-state index in [1.807, 2.05) is 18.2 Å². The second-order valence-corrected chi connectivity index (χ2v) is 9.13. The molecule has 0 bridgehead atoms. The molecule has 3 rings (SSSR count). The Bertz CT molecular complexity index is 924. The molecule has 2 aromatic rings. The smallest absolute Gasteiger partial charge is 0.240 e. The summed E-state index contributed by atoms with van der Waals surface area (Å²) in [5.41, 5.74) is 1.54. The number of benzene rings is 2. The standard InChI is InChI=1S/C20H24ClN3O3S/c1-2-23-11-13-24(14-12-23)19-6-4-3-5-18(19)22-20(25)15-28(26,27)17-9-7-16(21)8-10-17/h3-10H,2,11-15H2,1H3,(H,22,25).